The second-order valence-electron chi connectivity index (χ2n) is 3.12. The number of hydrogen-bond donors (Lipinski definition) is 2. The minimum Gasteiger partial charge on any atom is -0.469 e. The van der Waals surface area contributed by atoms with Crippen molar-refractivity contribution in [2.75, 3.05) is 19.9 Å². The van der Waals surface area contributed by atoms with Crippen LogP contribution in [-0.4, -0.2) is 38.9 Å². The zero-order chi connectivity index (χ0) is 15.1. The van der Waals surface area contributed by atoms with Crippen molar-refractivity contribution in [2.45, 2.75) is 12.8 Å². The highest BCUT2D eigenvalue weighted by molar-refractivity contribution is 7.85. The molecule has 110 valence electrons. The Hall–Kier alpha value is -1.44. The lowest BCUT2D eigenvalue weighted by molar-refractivity contribution is -0.140. The van der Waals surface area contributed by atoms with Crippen LogP contribution in [0.25, 0.3) is 0 Å². The maximum atomic E-state index is 10.4. The fourth-order valence-electron chi connectivity index (χ4n) is 0.886. The minimum absolute atomic E-state index is 0.0102. The van der Waals surface area contributed by atoms with E-state index >= 15 is 0 Å². The number of hydrogen-bond acceptors (Lipinski definition) is 5. The topological polar surface area (TPSA) is 107 Å². The van der Waals surface area contributed by atoms with Gasteiger partial charge in [0.05, 0.1) is 12.9 Å². The van der Waals surface area contributed by atoms with Gasteiger partial charge in [-0.3, -0.25) is 9.35 Å². The Kier molecular flexibility index (Phi) is 13.6. The van der Waals surface area contributed by atoms with Crippen LogP contribution in [0.4, 0.5) is 0 Å². The Bertz CT molecular complexity index is 379. The summed E-state index contributed by atoms with van der Waals surface area (Å²) >= 11 is 0. The summed E-state index contributed by atoms with van der Waals surface area (Å²) in [6.07, 6.45) is 0.0990. The van der Waals surface area contributed by atoms with Crippen molar-refractivity contribution in [3.05, 3.63) is 36.4 Å². The Morgan fingerprint density at radius 2 is 1.47 bits per heavy atom. The molecule has 6 nitrogen and oxygen atoms in total. The molecule has 0 aliphatic carbocycles. The van der Waals surface area contributed by atoms with Crippen LogP contribution in [0.3, 0.4) is 0 Å². The molecule has 19 heavy (non-hydrogen) atoms. The Labute approximate surface area is 114 Å². The van der Waals surface area contributed by atoms with Crippen molar-refractivity contribution in [1.82, 2.24) is 0 Å². The van der Waals surface area contributed by atoms with Gasteiger partial charge in [0.2, 0.25) is 0 Å². The smallest absolute Gasteiger partial charge is 0.305 e. The highest BCUT2D eigenvalue weighted by Gasteiger charge is 2.06. The third-order valence-electron chi connectivity index (χ3n) is 1.68. The van der Waals surface area contributed by atoms with Gasteiger partial charge >= 0.3 is 5.97 Å². The quantitative estimate of drug-likeness (QED) is 0.635. The van der Waals surface area contributed by atoms with Crippen molar-refractivity contribution in [1.29, 1.82) is 0 Å². The van der Waals surface area contributed by atoms with E-state index in [1.165, 1.54) is 14.2 Å². The van der Waals surface area contributed by atoms with Crippen LogP contribution >= 0.6 is 0 Å². The molecule has 0 spiro atoms. The average Bonchev–Trinajstić information content (AvgIpc) is 2.42. The predicted octanol–water partition coefficient (Wildman–Crippen LogP) is 1.09. The van der Waals surface area contributed by atoms with E-state index in [1.807, 2.05) is 36.4 Å². The van der Waals surface area contributed by atoms with Crippen LogP contribution in [0.15, 0.2) is 36.4 Å². The summed E-state index contributed by atoms with van der Waals surface area (Å²) < 4.78 is 32.7. The molecule has 0 fully saturated rings. The van der Waals surface area contributed by atoms with E-state index in [1.54, 1.807) is 0 Å². The van der Waals surface area contributed by atoms with Gasteiger partial charge in [-0.15, -0.1) is 0 Å². The molecular weight excluding hydrogens is 270 g/mol. The van der Waals surface area contributed by atoms with Crippen molar-refractivity contribution in [3.8, 4) is 0 Å². The fourth-order valence-corrected chi connectivity index (χ4v) is 1.40. The lowest BCUT2D eigenvalue weighted by atomic mass is 10.3. The van der Waals surface area contributed by atoms with E-state index in [-0.39, 0.29) is 12.8 Å². The second kappa shape index (κ2) is 13.0. The van der Waals surface area contributed by atoms with Crippen LogP contribution in [-0.2, 0) is 19.6 Å². The van der Waals surface area contributed by atoms with Gasteiger partial charge < -0.3 is 10.5 Å². The van der Waals surface area contributed by atoms with Gasteiger partial charge in [0.1, 0.15) is 0 Å². The van der Waals surface area contributed by atoms with E-state index < -0.39 is 21.8 Å². The highest BCUT2D eigenvalue weighted by Crippen LogP contribution is 1.95. The van der Waals surface area contributed by atoms with E-state index in [2.05, 4.69) is 10.5 Å². The van der Waals surface area contributed by atoms with Crippen molar-refractivity contribution in [3.63, 3.8) is 0 Å². The van der Waals surface area contributed by atoms with Crippen LogP contribution in [0.5, 0.6) is 0 Å². The molecule has 0 unspecified atom stereocenters. The molecule has 0 heterocycles. The summed E-state index contributed by atoms with van der Waals surface area (Å²) in [4.78, 5) is 10.4. The normalized spacial score (nSPS) is 9.26. The molecule has 0 aromatic heterocycles. The molecule has 0 saturated carbocycles. The van der Waals surface area contributed by atoms with E-state index in [9.17, 15) is 13.2 Å². The molecule has 0 amide bonds. The molecule has 1 rings (SSSR count). The van der Waals surface area contributed by atoms with Crippen LogP contribution in [0.1, 0.15) is 12.8 Å². The molecule has 0 aliphatic heterocycles. The maximum Gasteiger partial charge on any atom is 0.305 e. The molecule has 0 saturated heterocycles. The van der Waals surface area contributed by atoms with Crippen LogP contribution in [0.2, 0.25) is 0 Å². The standard InChI is InChI=1S/C6H6.C5H10O5S.CH5N/c1-2-4-6-5-3-1;1-10-5(6)3-2-4-11(7,8)9;1-2/h1-6H;2-4H2,1H3,(H,7,8,9);2H2,1H3. The third-order valence-corrected chi connectivity index (χ3v) is 2.48. The SMILES string of the molecule is CN.COC(=O)CCCS(=O)(=O)O.c1ccccc1. The number of carbonyl (C=O) groups is 1. The Balaban J connectivity index is 0. The van der Waals surface area contributed by atoms with Crippen molar-refractivity contribution in [2.24, 2.45) is 5.73 Å². The van der Waals surface area contributed by atoms with Gasteiger partial charge in [-0.1, -0.05) is 36.4 Å². The first-order valence-electron chi connectivity index (χ1n) is 5.55. The Morgan fingerprint density at radius 3 is 1.74 bits per heavy atom. The number of rotatable bonds is 4. The van der Waals surface area contributed by atoms with Gasteiger partial charge in [0, 0.05) is 6.42 Å². The zero-order valence-corrected chi connectivity index (χ0v) is 12.0. The van der Waals surface area contributed by atoms with Crippen LogP contribution < -0.4 is 5.73 Å². The lowest BCUT2D eigenvalue weighted by Crippen LogP contribution is -2.07. The molecular formula is C12H21NO5S. The number of methoxy groups -OCH3 is 1. The monoisotopic (exact) mass is 291 g/mol. The van der Waals surface area contributed by atoms with Gasteiger partial charge in [0.25, 0.3) is 10.1 Å². The molecule has 0 atom stereocenters. The number of ether oxygens (including phenoxy) is 1. The summed E-state index contributed by atoms with van der Waals surface area (Å²) in [6.45, 7) is 0. The van der Waals surface area contributed by atoms with Gasteiger partial charge in [-0.25, -0.2) is 0 Å². The van der Waals surface area contributed by atoms with Gasteiger partial charge in [-0.05, 0) is 13.5 Å². The summed E-state index contributed by atoms with van der Waals surface area (Å²) in [5.74, 6) is -0.879. The number of carbonyl (C=O) groups excluding carboxylic acids is 1. The summed E-state index contributed by atoms with van der Waals surface area (Å²) in [5, 5.41) is 0. The number of esters is 1. The molecule has 1 aromatic carbocycles. The van der Waals surface area contributed by atoms with Crippen molar-refractivity contribution >= 4 is 16.1 Å². The predicted molar refractivity (Wildman–Crippen MR) is 74.2 cm³/mol. The zero-order valence-electron chi connectivity index (χ0n) is 11.2. The van der Waals surface area contributed by atoms with Crippen molar-refractivity contribution < 1.29 is 22.5 Å². The summed E-state index contributed by atoms with van der Waals surface area (Å²) in [6, 6.07) is 12.0. The molecule has 3 N–H and O–H groups in total. The molecule has 0 aliphatic rings. The molecule has 1 aromatic rings. The second-order valence-corrected chi connectivity index (χ2v) is 4.69. The molecule has 7 heteroatoms. The first kappa shape index (κ1) is 19.9. The average molecular weight is 291 g/mol. The largest absolute Gasteiger partial charge is 0.469 e. The molecule has 0 bridgehead atoms. The highest BCUT2D eigenvalue weighted by atomic mass is 32.2. The lowest BCUT2D eigenvalue weighted by Gasteiger charge is -1.96. The third kappa shape index (κ3) is 19.1. The fraction of sp³-hybridized carbons (Fsp3) is 0.417. The Morgan fingerprint density at radius 1 is 1.11 bits per heavy atom. The number of nitrogens with two attached hydrogens (primary N) is 1. The summed E-state index contributed by atoms with van der Waals surface area (Å²) in [5.41, 5.74) is 4.50. The summed E-state index contributed by atoms with van der Waals surface area (Å²) in [7, 11) is -1.22. The maximum absolute atomic E-state index is 10.4. The number of benzene rings is 1. The van der Waals surface area contributed by atoms with Crippen LogP contribution in [0, 0.1) is 0 Å². The van der Waals surface area contributed by atoms with Gasteiger partial charge in [-0.2, -0.15) is 8.42 Å². The van der Waals surface area contributed by atoms with E-state index in [0.29, 0.717) is 0 Å². The van der Waals surface area contributed by atoms with Gasteiger partial charge in [0.15, 0.2) is 0 Å². The minimum atomic E-state index is -3.94. The van der Waals surface area contributed by atoms with E-state index in [4.69, 9.17) is 4.55 Å². The van der Waals surface area contributed by atoms with E-state index in [0.717, 1.165) is 0 Å². The molecule has 0 radical (unpaired) electrons. The first-order chi connectivity index (χ1) is 8.95. The first-order valence-corrected chi connectivity index (χ1v) is 7.16.